The van der Waals surface area contributed by atoms with Gasteiger partial charge in [-0.1, -0.05) is 25.0 Å². The van der Waals surface area contributed by atoms with Crippen LogP contribution in [-0.2, 0) is 9.59 Å². The summed E-state index contributed by atoms with van der Waals surface area (Å²) in [6, 6.07) is 0.469. The second kappa shape index (κ2) is 6.91. The van der Waals surface area contributed by atoms with Gasteiger partial charge in [-0.05, 0) is 19.8 Å². The molecular formula is C16H26N2O2. The van der Waals surface area contributed by atoms with Crippen LogP contribution in [0.4, 0.5) is 0 Å². The highest BCUT2D eigenvalue weighted by Crippen LogP contribution is 2.29. The topological polar surface area (TPSA) is 40.6 Å². The van der Waals surface area contributed by atoms with E-state index in [-0.39, 0.29) is 11.8 Å². The lowest BCUT2D eigenvalue weighted by Gasteiger charge is -2.25. The summed E-state index contributed by atoms with van der Waals surface area (Å²) in [6.07, 6.45) is 9.67. The van der Waals surface area contributed by atoms with E-state index in [1.54, 1.807) is 4.90 Å². The van der Waals surface area contributed by atoms with Gasteiger partial charge in [-0.15, -0.1) is 0 Å². The Morgan fingerprint density at radius 3 is 2.75 bits per heavy atom. The molecule has 112 valence electrons. The SMILES string of the molecule is CC=CCC(=O)N(C)CC1CC(=O)N(C2CCCC2)C1. The predicted molar refractivity (Wildman–Crippen MR) is 79.1 cm³/mol. The largest absolute Gasteiger partial charge is 0.345 e. The molecule has 4 nitrogen and oxygen atoms in total. The summed E-state index contributed by atoms with van der Waals surface area (Å²) in [4.78, 5) is 27.8. The highest BCUT2D eigenvalue weighted by molar-refractivity contribution is 5.80. The smallest absolute Gasteiger partial charge is 0.226 e. The second-order valence-electron chi connectivity index (χ2n) is 6.10. The fourth-order valence-electron chi connectivity index (χ4n) is 3.36. The Bertz CT molecular complexity index is 386. The zero-order chi connectivity index (χ0) is 14.5. The molecular weight excluding hydrogens is 252 g/mol. The first kappa shape index (κ1) is 15.1. The number of nitrogens with zero attached hydrogens (tertiary/aromatic N) is 2. The van der Waals surface area contributed by atoms with Crippen LogP contribution in [0.15, 0.2) is 12.2 Å². The first-order chi connectivity index (χ1) is 9.61. The molecule has 0 aromatic rings. The standard InChI is InChI=1S/C16H26N2O2/c1-3-4-9-15(19)17(2)11-13-10-16(20)18(12-13)14-7-5-6-8-14/h3-4,13-14H,5-12H2,1-2H3. The van der Waals surface area contributed by atoms with E-state index in [4.69, 9.17) is 0 Å². The third-order valence-corrected chi connectivity index (χ3v) is 4.49. The monoisotopic (exact) mass is 278 g/mol. The van der Waals surface area contributed by atoms with Gasteiger partial charge >= 0.3 is 0 Å². The zero-order valence-electron chi connectivity index (χ0n) is 12.7. The molecule has 2 amide bonds. The number of carbonyl (C=O) groups excluding carboxylic acids is 2. The molecule has 0 bridgehead atoms. The Morgan fingerprint density at radius 2 is 2.10 bits per heavy atom. The van der Waals surface area contributed by atoms with Crippen molar-refractivity contribution in [3.8, 4) is 0 Å². The van der Waals surface area contributed by atoms with Crippen molar-refractivity contribution < 1.29 is 9.59 Å². The number of likely N-dealkylation sites (tertiary alicyclic amines) is 1. The first-order valence-corrected chi connectivity index (χ1v) is 7.76. The van der Waals surface area contributed by atoms with Crippen molar-refractivity contribution >= 4 is 11.8 Å². The van der Waals surface area contributed by atoms with Gasteiger partial charge in [0.15, 0.2) is 0 Å². The Morgan fingerprint density at radius 1 is 1.40 bits per heavy atom. The number of hydrogen-bond acceptors (Lipinski definition) is 2. The van der Waals surface area contributed by atoms with Crippen LogP contribution in [0, 0.1) is 5.92 Å². The Balaban J connectivity index is 1.82. The van der Waals surface area contributed by atoms with E-state index in [0.29, 0.717) is 31.3 Å². The molecule has 1 unspecified atom stereocenters. The average Bonchev–Trinajstić information content (AvgIpc) is 3.05. The summed E-state index contributed by atoms with van der Waals surface area (Å²) in [7, 11) is 1.84. The van der Waals surface area contributed by atoms with E-state index in [9.17, 15) is 9.59 Å². The van der Waals surface area contributed by atoms with Crippen LogP contribution in [0.3, 0.4) is 0 Å². The van der Waals surface area contributed by atoms with Crippen molar-refractivity contribution in [1.29, 1.82) is 0 Å². The van der Waals surface area contributed by atoms with Gasteiger partial charge in [0, 0.05) is 44.9 Å². The predicted octanol–water partition coefficient (Wildman–Crippen LogP) is 2.20. The van der Waals surface area contributed by atoms with Gasteiger partial charge in [0.25, 0.3) is 0 Å². The lowest BCUT2D eigenvalue weighted by atomic mass is 10.1. The summed E-state index contributed by atoms with van der Waals surface area (Å²) >= 11 is 0. The summed E-state index contributed by atoms with van der Waals surface area (Å²) in [6.45, 7) is 3.46. The molecule has 2 aliphatic rings. The van der Waals surface area contributed by atoms with Crippen LogP contribution in [0.25, 0.3) is 0 Å². The van der Waals surface area contributed by atoms with Crippen molar-refractivity contribution in [3.63, 3.8) is 0 Å². The van der Waals surface area contributed by atoms with Crippen LogP contribution >= 0.6 is 0 Å². The minimum Gasteiger partial charge on any atom is -0.345 e. The molecule has 0 radical (unpaired) electrons. The third-order valence-electron chi connectivity index (χ3n) is 4.49. The highest BCUT2D eigenvalue weighted by Gasteiger charge is 2.36. The number of hydrogen-bond donors (Lipinski definition) is 0. The minimum absolute atomic E-state index is 0.134. The van der Waals surface area contributed by atoms with Crippen molar-refractivity contribution in [2.75, 3.05) is 20.1 Å². The molecule has 1 aliphatic carbocycles. The maximum Gasteiger partial charge on any atom is 0.226 e. The third kappa shape index (κ3) is 3.62. The van der Waals surface area contributed by atoms with E-state index in [1.807, 2.05) is 26.1 Å². The molecule has 1 saturated heterocycles. The quantitative estimate of drug-likeness (QED) is 0.723. The fraction of sp³-hybridized carbons (Fsp3) is 0.750. The molecule has 1 atom stereocenters. The molecule has 1 aliphatic heterocycles. The number of amides is 2. The van der Waals surface area contributed by atoms with Crippen LogP contribution in [0.2, 0.25) is 0 Å². The molecule has 1 heterocycles. The molecule has 0 aromatic heterocycles. The minimum atomic E-state index is 0.134. The molecule has 0 aromatic carbocycles. The number of rotatable bonds is 5. The summed E-state index contributed by atoms with van der Waals surface area (Å²) in [5.74, 6) is 0.730. The molecule has 2 rings (SSSR count). The van der Waals surface area contributed by atoms with Crippen LogP contribution in [0.1, 0.15) is 45.4 Å². The lowest BCUT2D eigenvalue weighted by molar-refractivity contribution is -0.130. The molecule has 0 N–H and O–H groups in total. The number of allylic oxidation sites excluding steroid dienone is 1. The van der Waals surface area contributed by atoms with E-state index >= 15 is 0 Å². The van der Waals surface area contributed by atoms with Crippen molar-refractivity contribution in [1.82, 2.24) is 9.80 Å². The fourth-order valence-corrected chi connectivity index (χ4v) is 3.36. The van der Waals surface area contributed by atoms with Gasteiger partial charge in [0.2, 0.25) is 11.8 Å². The van der Waals surface area contributed by atoms with Gasteiger partial charge in [0.1, 0.15) is 0 Å². The Kier molecular flexibility index (Phi) is 5.21. The maximum atomic E-state index is 12.1. The van der Waals surface area contributed by atoms with Crippen molar-refractivity contribution in [2.45, 2.75) is 51.5 Å². The molecule has 4 heteroatoms. The Hall–Kier alpha value is -1.32. The van der Waals surface area contributed by atoms with Crippen molar-refractivity contribution in [3.05, 3.63) is 12.2 Å². The van der Waals surface area contributed by atoms with Gasteiger partial charge in [-0.2, -0.15) is 0 Å². The zero-order valence-corrected chi connectivity index (χ0v) is 12.7. The summed E-state index contributed by atoms with van der Waals surface area (Å²) < 4.78 is 0. The maximum absolute atomic E-state index is 12.1. The van der Waals surface area contributed by atoms with Crippen molar-refractivity contribution in [2.24, 2.45) is 5.92 Å². The average molecular weight is 278 g/mol. The van der Waals surface area contributed by atoms with Crippen LogP contribution in [-0.4, -0.2) is 47.8 Å². The summed E-state index contributed by atoms with van der Waals surface area (Å²) in [5, 5.41) is 0. The summed E-state index contributed by atoms with van der Waals surface area (Å²) in [5.41, 5.74) is 0. The van der Waals surface area contributed by atoms with E-state index < -0.39 is 0 Å². The normalized spacial score (nSPS) is 24.0. The highest BCUT2D eigenvalue weighted by atomic mass is 16.2. The van der Waals surface area contributed by atoms with Gasteiger partial charge in [0.05, 0.1) is 0 Å². The molecule has 1 saturated carbocycles. The molecule has 20 heavy (non-hydrogen) atoms. The lowest BCUT2D eigenvalue weighted by Crippen LogP contribution is -2.36. The van der Waals surface area contributed by atoms with E-state index in [2.05, 4.69) is 4.90 Å². The Labute approximate surface area is 121 Å². The van der Waals surface area contributed by atoms with E-state index in [1.165, 1.54) is 12.8 Å². The van der Waals surface area contributed by atoms with Crippen LogP contribution < -0.4 is 0 Å². The van der Waals surface area contributed by atoms with Crippen LogP contribution in [0.5, 0.6) is 0 Å². The van der Waals surface area contributed by atoms with Gasteiger partial charge < -0.3 is 9.80 Å². The van der Waals surface area contributed by atoms with E-state index in [0.717, 1.165) is 19.4 Å². The first-order valence-electron chi connectivity index (χ1n) is 7.76. The molecule has 0 spiro atoms. The second-order valence-corrected chi connectivity index (χ2v) is 6.10. The van der Waals surface area contributed by atoms with Gasteiger partial charge in [-0.25, -0.2) is 0 Å². The molecule has 2 fully saturated rings. The number of carbonyl (C=O) groups is 2. The van der Waals surface area contributed by atoms with Gasteiger partial charge in [-0.3, -0.25) is 9.59 Å².